The second kappa shape index (κ2) is 8.83. The van der Waals surface area contributed by atoms with Crippen molar-refractivity contribution in [2.24, 2.45) is 0 Å². The van der Waals surface area contributed by atoms with Crippen LogP contribution < -0.4 is 5.32 Å². The average molecular weight is 373 g/mol. The SMILES string of the molecule is O=C(CCc1ccccc1Cl)Nc1ccc(C(=O)N2CCOCC2)cc1. The molecule has 0 atom stereocenters. The minimum Gasteiger partial charge on any atom is -0.378 e. The first-order valence-corrected chi connectivity index (χ1v) is 9.01. The van der Waals surface area contributed by atoms with Gasteiger partial charge in [0.2, 0.25) is 5.91 Å². The number of nitrogens with one attached hydrogen (secondary N) is 1. The molecule has 26 heavy (non-hydrogen) atoms. The van der Waals surface area contributed by atoms with Crippen LogP contribution in [0.25, 0.3) is 0 Å². The molecular weight excluding hydrogens is 352 g/mol. The summed E-state index contributed by atoms with van der Waals surface area (Å²) in [5.41, 5.74) is 2.24. The van der Waals surface area contributed by atoms with E-state index in [1.165, 1.54) is 0 Å². The lowest BCUT2D eigenvalue weighted by molar-refractivity contribution is -0.116. The molecule has 2 amide bonds. The number of anilines is 1. The molecule has 1 heterocycles. The Hall–Kier alpha value is -2.37. The minimum absolute atomic E-state index is 0.00936. The smallest absolute Gasteiger partial charge is 0.254 e. The maximum Gasteiger partial charge on any atom is 0.254 e. The quantitative estimate of drug-likeness (QED) is 0.875. The van der Waals surface area contributed by atoms with E-state index in [-0.39, 0.29) is 11.8 Å². The molecule has 0 aliphatic carbocycles. The van der Waals surface area contributed by atoms with Crippen LogP contribution in [0.5, 0.6) is 0 Å². The number of carbonyl (C=O) groups is 2. The maximum atomic E-state index is 12.4. The predicted octanol–water partition coefficient (Wildman–Crippen LogP) is 3.38. The van der Waals surface area contributed by atoms with E-state index in [1.807, 2.05) is 24.3 Å². The van der Waals surface area contributed by atoms with Gasteiger partial charge in [0.05, 0.1) is 13.2 Å². The number of carbonyl (C=O) groups excluding carboxylic acids is 2. The van der Waals surface area contributed by atoms with Crippen molar-refractivity contribution < 1.29 is 14.3 Å². The molecule has 0 unspecified atom stereocenters. The molecule has 2 aromatic rings. The number of rotatable bonds is 5. The van der Waals surface area contributed by atoms with Gasteiger partial charge in [-0.05, 0) is 42.3 Å². The van der Waals surface area contributed by atoms with Crippen LogP contribution in [0.15, 0.2) is 48.5 Å². The summed E-state index contributed by atoms with van der Waals surface area (Å²) in [5, 5.41) is 3.52. The standard InChI is InChI=1S/C20H21ClN2O3/c21-18-4-2-1-3-15(18)7-10-19(24)22-17-8-5-16(6-9-17)20(25)23-11-13-26-14-12-23/h1-6,8-9H,7,10-14H2,(H,22,24). The Morgan fingerprint density at radius 2 is 1.73 bits per heavy atom. The maximum absolute atomic E-state index is 12.4. The highest BCUT2D eigenvalue weighted by atomic mass is 35.5. The fraction of sp³-hybridized carbons (Fsp3) is 0.300. The fourth-order valence-electron chi connectivity index (χ4n) is 2.82. The summed E-state index contributed by atoms with van der Waals surface area (Å²) in [5.74, 6) is -0.0953. The number of benzene rings is 2. The molecule has 0 radical (unpaired) electrons. The highest BCUT2D eigenvalue weighted by molar-refractivity contribution is 6.31. The Labute approximate surface area is 157 Å². The van der Waals surface area contributed by atoms with Crippen molar-refractivity contribution in [2.45, 2.75) is 12.8 Å². The topological polar surface area (TPSA) is 58.6 Å². The molecule has 136 valence electrons. The van der Waals surface area contributed by atoms with Crippen LogP contribution in [0.2, 0.25) is 5.02 Å². The van der Waals surface area contributed by atoms with Gasteiger partial charge in [-0.15, -0.1) is 0 Å². The first-order valence-electron chi connectivity index (χ1n) is 8.64. The van der Waals surface area contributed by atoms with Crippen LogP contribution in [0.4, 0.5) is 5.69 Å². The van der Waals surface area contributed by atoms with Crippen LogP contribution in [0, 0.1) is 0 Å². The van der Waals surface area contributed by atoms with E-state index in [2.05, 4.69) is 5.32 Å². The minimum atomic E-state index is -0.0859. The van der Waals surface area contributed by atoms with Crippen molar-refractivity contribution in [3.8, 4) is 0 Å². The van der Waals surface area contributed by atoms with E-state index in [0.717, 1.165) is 5.56 Å². The highest BCUT2D eigenvalue weighted by Crippen LogP contribution is 2.17. The molecule has 1 fully saturated rings. The van der Waals surface area contributed by atoms with Gasteiger partial charge in [-0.25, -0.2) is 0 Å². The Bertz CT molecular complexity index is 771. The monoisotopic (exact) mass is 372 g/mol. The van der Waals surface area contributed by atoms with E-state index in [0.29, 0.717) is 55.4 Å². The lowest BCUT2D eigenvalue weighted by Crippen LogP contribution is -2.40. The Balaban J connectivity index is 1.52. The van der Waals surface area contributed by atoms with Gasteiger partial charge in [0.25, 0.3) is 5.91 Å². The van der Waals surface area contributed by atoms with Gasteiger partial charge < -0.3 is 15.0 Å². The number of aryl methyl sites for hydroxylation is 1. The van der Waals surface area contributed by atoms with Crippen molar-refractivity contribution in [2.75, 3.05) is 31.6 Å². The van der Waals surface area contributed by atoms with Crippen LogP contribution >= 0.6 is 11.6 Å². The third-order valence-corrected chi connectivity index (χ3v) is 4.66. The van der Waals surface area contributed by atoms with Crippen LogP contribution in [-0.4, -0.2) is 43.0 Å². The number of morpholine rings is 1. The van der Waals surface area contributed by atoms with E-state index >= 15 is 0 Å². The number of hydrogen-bond donors (Lipinski definition) is 1. The molecule has 0 aromatic heterocycles. The average Bonchev–Trinajstić information content (AvgIpc) is 2.68. The molecule has 5 nitrogen and oxygen atoms in total. The molecule has 1 aliphatic rings. The predicted molar refractivity (Wildman–Crippen MR) is 102 cm³/mol. The van der Waals surface area contributed by atoms with Crippen LogP contribution in [0.3, 0.4) is 0 Å². The van der Waals surface area contributed by atoms with E-state index in [4.69, 9.17) is 16.3 Å². The van der Waals surface area contributed by atoms with Crippen molar-refractivity contribution in [1.82, 2.24) is 4.90 Å². The van der Waals surface area contributed by atoms with Crippen molar-refractivity contribution in [3.63, 3.8) is 0 Å². The number of hydrogen-bond acceptors (Lipinski definition) is 3. The van der Waals surface area contributed by atoms with Crippen molar-refractivity contribution in [1.29, 1.82) is 0 Å². The van der Waals surface area contributed by atoms with Gasteiger partial charge in [0, 0.05) is 35.8 Å². The molecule has 2 aromatic carbocycles. The molecule has 1 N–H and O–H groups in total. The molecule has 0 saturated carbocycles. The van der Waals surface area contributed by atoms with Gasteiger partial charge in [-0.2, -0.15) is 0 Å². The van der Waals surface area contributed by atoms with E-state index < -0.39 is 0 Å². The first-order chi connectivity index (χ1) is 12.6. The van der Waals surface area contributed by atoms with E-state index in [1.54, 1.807) is 29.2 Å². The molecule has 3 rings (SSSR count). The molecule has 1 aliphatic heterocycles. The fourth-order valence-corrected chi connectivity index (χ4v) is 3.05. The van der Waals surface area contributed by atoms with Gasteiger partial charge >= 0.3 is 0 Å². The van der Waals surface area contributed by atoms with Gasteiger partial charge in [-0.1, -0.05) is 29.8 Å². The van der Waals surface area contributed by atoms with Gasteiger partial charge in [0.15, 0.2) is 0 Å². The van der Waals surface area contributed by atoms with Crippen LogP contribution in [0.1, 0.15) is 22.3 Å². The Morgan fingerprint density at radius 1 is 1.04 bits per heavy atom. The number of halogens is 1. The molecular formula is C20H21ClN2O3. The molecule has 0 bridgehead atoms. The summed E-state index contributed by atoms with van der Waals surface area (Å²) >= 11 is 6.10. The zero-order valence-corrected chi connectivity index (χ0v) is 15.2. The largest absolute Gasteiger partial charge is 0.378 e. The lowest BCUT2D eigenvalue weighted by atomic mass is 10.1. The third-order valence-electron chi connectivity index (χ3n) is 4.29. The summed E-state index contributed by atoms with van der Waals surface area (Å²) < 4.78 is 5.26. The summed E-state index contributed by atoms with van der Waals surface area (Å²) in [7, 11) is 0. The summed E-state index contributed by atoms with van der Waals surface area (Å²) in [6.07, 6.45) is 0.928. The molecule has 6 heteroatoms. The first kappa shape index (κ1) is 18.4. The summed E-state index contributed by atoms with van der Waals surface area (Å²) in [6, 6.07) is 14.5. The Kier molecular flexibility index (Phi) is 6.26. The second-order valence-corrected chi connectivity index (χ2v) is 6.53. The zero-order chi connectivity index (χ0) is 18.4. The van der Waals surface area contributed by atoms with Crippen LogP contribution in [-0.2, 0) is 16.0 Å². The third kappa shape index (κ3) is 4.84. The Morgan fingerprint density at radius 3 is 2.42 bits per heavy atom. The number of ether oxygens (including phenoxy) is 1. The summed E-state index contributed by atoms with van der Waals surface area (Å²) in [4.78, 5) is 26.3. The van der Waals surface area contributed by atoms with E-state index in [9.17, 15) is 9.59 Å². The number of nitrogens with zero attached hydrogens (tertiary/aromatic N) is 1. The summed E-state index contributed by atoms with van der Waals surface area (Å²) in [6.45, 7) is 2.37. The normalized spacial score (nSPS) is 14.1. The highest BCUT2D eigenvalue weighted by Gasteiger charge is 2.18. The van der Waals surface area contributed by atoms with Gasteiger partial charge in [-0.3, -0.25) is 9.59 Å². The van der Waals surface area contributed by atoms with Crippen molar-refractivity contribution >= 4 is 29.1 Å². The second-order valence-electron chi connectivity index (χ2n) is 6.12. The number of amides is 2. The van der Waals surface area contributed by atoms with Crippen molar-refractivity contribution in [3.05, 3.63) is 64.7 Å². The zero-order valence-electron chi connectivity index (χ0n) is 14.4. The lowest BCUT2D eigenvalue weighted by Gasteiger charge is -2.26. The van der Waals surface area contributed by atoms with Gasteiger partial charge in [0.1, 0.15) is 0 Å². The molecule has 1 saturated heterocycles. The molecule has 0 spiro atoms.